The van der Waals surface area contributed by atoms with Crippen LogP contribution in [0.5, 0.6) is 11.5 Å². The maximum atomic E-state index is 12.5. The third-order valence-electron chi connectivity index (χ3n) is 4.10. The molecule has 5 nitrogen and oxygen atoms in total. The number of carbonyl (C=O) groups excluding carboxylic acids is 1. The van der Waals surface area contributed by atoms with Crippen LogP contribution >= 0.6 is 23.2 Å². The van der Waals surface area contributed by atoms with E-state index in [9.17, 15) is 4.79 Å². The second kappa shape index (κ2) is 7.93. The van der Waals surface area contributed by atoms with Crippen molar-refractivity contribution in [2.24, 2.45) is 0 Å². The van der Waals surface area contributed by atoms with E-state index >= 15 is 0 Å². The molecule has 3 rings (SSSR count). The standard InChI is InChI=1S/C18H18Cl2N2O3/c1-24-14-7-6-11(10-15(14)25-12-4-2-3-5-12)18(23)22-17-16(20)13(19)8-9-21-17/h6-10,12H,2-5H2,1H3,(H,21,22,23). The van der Waals surface area contributed by atoms with Crippen LogP contribution in [-0.4, -0.2) is 24.1 Å². The van der Waals surface area contributed by atoms with E-state index < -0.39 is 0 Å². The van der Waals surface area contributed by atoms with Crippen LogP contribution in [0, 0.1) is 0 Å². The van der Waals surface area contributed by atoms with E-state index in [2.05, 4.69) is 10.3 Å². The summed E-state index contributed by atoms with van der Waals surface area (Å²) in [7, 11) is 1.58. The second-order valence-corrected chi connectivity index (χ2v) is 6.58. The van der Waals surface area contributed by atoms with Gasteiger partial charge in [0, 0.05) is 11.8 Å². The van der Waals surface area contributed by atoms with E-state index in [0.717, 1.165) is 25.7 Å². The Morgan fingerprint density at radius 2 is 1.96 bits per heavy atom. The Labute approximate surface area is 156 Å². The Kier molecular flexibility index (Phi) is 5.66. The van der Waals surface area contributed by atoms with Gasteiger partial charge in [0.1, 0.15) is 5.02 Å². The molecule has 0 radical (unpaired) electrons. The molecule has 0 unspecified atom stereocenters. The molecule has 1 saturated carbocycles. The molecule has 0 atom stereocenters. The predicted molar refractivity (Wildman–Crippen MR) is 98.1 cm³/mol. The Morgan fingerprint density at radius 3 is 2.68 bits per heavy atom. The largest absolute Gasteiger partial charge is 0.493 e. The molecule has 25 heavy (non-hydrogen) atoms. The summed E-state index contributed by atoms with van der Waals surface area (Å²) in [5, 5.41) is 3.19. The lowest BCUT2D eigenvalue weighted by Gasteiger charge is -2.17. The fraction of sp³-hybridized carbons (Fsp3) is 0.333. The summed E-state index contributed by atoms with van der Waals surface area (Å²) in [4.78, 5) is 16.6. The number of amides is 1. The third kappa shape index (κ3) is 4.17. The molecule has 1 N–H and O–H groups in total. The number of halogens is 2. The minimum absolute atomic E-state index is 0.163. The van der Waals surface area contributed by atoms with Gasteiger partial charge in [-0.05, 0) is 49.9 Å². The fourth-order valence-electron chi connectivity index (χ4n) is 2.78. The number of hydrogen-bond acceptors (Lipinski definition) is 4. The van der Waals surface area contributed by atoms with E-state index in [1.807, 2.05) is 0 Å². The average Bonchev–Trinajstić information content (AvgIpc) is 3.12. The summed E-state index contributed by atoms with van der Waals surface area (Å²) in [6, 6.07) is 6.60. The van der Waals surface area contributed by atoms with Crippen molar-refractivity contribution in [1.29, 1.82) is 0 Å². The van der Waals surface area contributed by atoms with Crippen LogP contribution in [0.25, 0.3) is 0 Å². The van der Waals surface area contributed by atoms with Gasteiger partial charge in [0.25, 0.3) is 5.91 Å². The number of nitrogens with zero attached hydrogens (tertiary/aromatic N) is 1. The van der Waals surface area contributed by atoms with Gasteiger partial charge in [-0.3, -0.25) is 4.79 Å². The highest BCUT2D eigenvalue weighted by atomic mass is 35.5. The molecule has 1 aliphatic carbocycles. The average molecular weight is 381 g/mol. The summed E-state index contributed by atoms with van der Waals surface area (Å²) >= 11 is 12.0. The number of aromatic nitrogens is 1. The molecule has 0 saturated heterocycles. The van der Waals surface area contributed by atoms with E-state index in [1.165, 1.54) is 6.20 Å². The zero-order chi connectivity index (χ0) is 17.8. The summed E-state index contributed by atoms with van der Waals surface area (Å²) in [5.74, 6) is 1.03. The van der Waals surface area contributed by atoms with Crippen molar-refractivity contribution in [2.45, 2.75) is 31.8 Å². The SMILES string of the molecule is COc1ccc(C(=O)Nc2nccc(Cl)c2Cl)cc1OC1CCCC1. The molecule has 1 heterocycles. The lowest BCUT2D eigenvalue weighted by Crippen LogP contribution is -2.15. The van der Waals surface area contributed by atoms with Crippen LogP contribution in [-0.2, 0) is 0 Å². The number of methoxy groups -OCH3 is 1. The van der Waals surface area contributed by atoms with E-state index in [1.54, 1.807) is 31.4 Å². The normalized spacial score (nSPS) is 14.4. The van der Waals surface area contributed by atoms with Crippen molar-refractivity contribution in [3.63, 3.8) is 0 Å². The first-order valence-electron chi connectivity index (χ1n) is 8.04. The highest BCUT2D eigenvalue weighted by Crippen LogP contribution is 2.33. The lowest BCUT2D eigenvalue weighted by molar-refractivity contribution is 0.102. The maximum absolute atomic E-state index is 12.5. The fourth-order valence-corrected chi connectivity index (χ4v) is 3.09. The molecular weight excluding hydrogens is 363 g/mol. The summed E-state index contributed by atoms with van der Waals surface area (Å²) in [6.07, 6.45) is 5.99. The summed E-state index contributed by atoms with van der Waals surface area (Å²) in [6.45, 7) is 0. The van der Waals surface area contributed by atoms with Crippen LogP contribution < -0.4 is 14.8 Å². The molecule has 1 aliphatic rings. The summed E-state index contributed by atoms with van der Waals surface area (Å²) in [5.41, 5.74) is 0.423. The monoisotopic (exact) mass is 380 g/mol. The Bertz CT molecular complexity index is 777. The first-order chi connectivity index (χ1) is 12.1. The van der Waals surface area contributed by atoms with Crippen LogP contribution in [0.3, 0.4) is 0 Å². The van der Waals surface area contributed by atoms with Crippen LogP contribution in [0.2, 0.25) is 10.0 Å². The number of benzene rings is 1. The number of rotatable bonds is 5. The molecule has 0 bridgehead atoms. The molecule has 132 valence electrons. The van der Waals surface area contributed by atoms with Gasteiger partial charge in [-0.1, -0.05) is 23.2 Å². The van der Waals surface area contributed by atoms with Crippen molar-refractivity contribution in [2.75, 3.05) is 12.4 Å². The van der Waals surface area contributed by atoms with Crippen molar-refractivity contribution in [1.82, 2.24) is 4.98 Å². The minimum Gasteiger partial charge on any atom is -0.493 e. The predicted octanol–water partition coefficient (Wildman–Crippen LogP) is 4.97. The minimum atomic E-state index is -0.351. The van der Waals surface area contributed by atoms with Gasteiger partial charge in [0.2, 0.25) is 0 Å². The number of pyridine rings is 1. The van der Waals surface area contributed by atoms with Gasteiger partial charge in [-0.2, -0.15) is 0 Å². The molecule has 0 spiro atoms. The van der Waals surface area contributed by atoms with Crippen LogP contribution in [0.1, 0.15) is 36.0 Å². The van der Waals surface area contributed by atoms with Crippen molar-refractivity contribution >= 4 is 34.9 Å². The van der Waals surface area contributed by atoms with Gasteiger partial charge < -0.3 is 14.8 Å². The van der Waals surface area contributed by atoms with Crippen LogP contribution in [0.15, 0.2) is 30.5 Å². The quantitative estimate of drug-likeness (QED) is 0.794. The van der Waals surface area contributed by atoms with Crippen LogP contribution in [0.4, 0.5) is 5.82 Å². The topological polar surface area (TPSA) is 60.5 Å². The Hall–Kier alpha value is -1.98. The second-order valence-electron chi connectivity index (χ2n) is 5.80. The number of hydrogen-bond donors (Lipinski definition) is 1. The first-order valence-corrected chi connectivity index (χ1v) is 8.80. The van der Waals surface area contributed by atoms with E-state index in [-0.39, 0.29) is 22.9 Å². The maximum Gasteiger partial charge on any atom is 0.256 e. The number of ether oxygens (including phenoxy) is 2. The molecule has 7 heteroatoms. The number of anilines is 1. The van der Waals surface area contributed by atoms with Crippen molar-refractivity contribution < 1.29 is 14.3 Å². The highest BCUT2D eigenvalue weighted by Gasteiger charge is 2.20. The van der Waals surface area contributed by atoms with E-state index in [0.29, 0.717) is 22.1 Å². The van der Waals surface area contributed by atoms with Gasteiger partial charge in [0.15, 0.2) is 17.3 Å². The van der Waals surface area contributed by atoms with Crippen molar-refractivity contribution in [3.8, 4) is 11.5 Å². The third-order valence-corrected chi connectivity index (χ3v) is 4.89. The van der Waals surface area contributed by atoms with Gasteiger partial charge in [-0.15, -0.1) is 0 Å². The van der Waals surface area contributed by atoms with Gasteiger partial charge >= 0.3 is 0 Å². The Balaban J connectivity index is 1.81. The first kappa shape index (κ1) is 17.8. The molecule has 1 amide bonds. The molecular formula is C18H18Cl2N2O3. The molecule has 1 fully saturated rings. The highest BCUT2D eigenvalue weighted by molar-refractivity contribution is 6.43. The smallest absolute Gasteiger partial charge is 0.256 e. The summed E-state index contributed by atoms with van der Waals surface area (Å²) < 4.78 is 11.3. The molecule has 1 aromatic heterocycles. The zero-order valence-electron chi connectivity index (χ0n) is 13.7. The molecule has 1 aromatic carbocycles. The van der Waals surface area contributed by atoms with Crippen molar-refractivity contribution in [3.05, 3.63) is 46.1 Å². The van der Waals surface area contributed by atoms with Gasteiger partial charge in [0.05, 0.1) is 18.2 Å². The lowest BCUT2D eigenvalue weighted by atomic mass is 10.2. The number of nitrogens with one attached hydrogen (secondary N) is 1. The molecule has 2 aromatic rings. The van der Waals surface area contributed by atoms with E-state index in [4.69, 9.17) is 32.7 Å². The van der Waals surface area contributed by atoms with Gasteiger partial charge in [-0.25, -0.2) is 4.98 Å². The Morgan fingerprint density at radius 1 is 1.20 bits per heavy atom. The molecule has 0 aliphatic heterocycles. The zero-order valence-corrected chi connectivity index (χ0v) is 15.2. The number of carbonyl (C=O) groups is 1.